The Balaban J connectivity index is 1.59. The van der Waals surface area contributed by atoms with E-state index in [1.807, 2.05) is 23.9 Å². The third-order valence-electron chi connectivity index (χ3n) is 5.71. The van der Waals surface area contributed by atoms with E-state index in [9.17, 15) is 9.18 Å². The van der Waals surface area contributed by atoms with E-state index in [0.29, 0.717) is 41.4 Å². The largest absolute Gasteiger partial charge is 0.493 e. The lowest BCUT2D eigenvalue weighted by molar-refractivity contribution is -0.133. The van der Waals surface area contributed by atoms with Crippen LogP contribution in [0.1, 0.15) is 12.8 Å². The molecule has 1 aliphatic rings. The molecule has 0 bridgehead atoms. The first kappa shape index (κ1) is 24.0. The van der Waals surface area contributed by atoms with Gasteiger partial charge in [0.2, 0.25) is 5.91 Å². The van der Waals surface area contributed by atoms with Crippen molar-refractivity contribution >= 4 is 39.9 Å². The predicted molar refractivity (Wildman–Crippen MR) is 130 cm³/mol. The summed E-state index contributed by atoms with van der Waals surface area (Å²) >= 11 is 5.91. The summed E-state index contributed by atoms with van der Waals surface area (Å²) in [5.41, 5.74) is 0.805. The predicted octanol–water partition coefficient (Wildman–Crippen LogP) is 4.11. The number of methoxy groups -OCH3 is 1. The normalized spacial score (nSPS) is 15.7. The van der Waals surface area contributed by atoms with Gasteiger partial charge in [0.1, 0.15) is 18.8 Å². The summed E-state index contributed by atoms with van der Waals surface area (Å²) < 4.78 is 26.1. The van der Waals surface area contributed by atoms with E-state index in [0.717, 1.165) is 19.4 Å². The molecule has 0 saturated carbocycles. The minimum atomic E-state index is -0.565. The van der Waals surface area contributed by atoms with Gasteiger partial charge in [-0.1, -0.05) is 17.7 Å². The average molecular weight is 488 g/mol. The van der Waals surface area contributed by atoms with Crippen molar-refractivity contribution in [2.45, 2.75) is 18.9 Å². The molecule has 4 rings (SSSR count). The first-order chi connectivity index (χ1) is 16.4. The minimum Gasteiger partial charge on any atom is -0.493 e. The molecule has 180 valence electrons. The highest BCUT2D eigenvalue weighted by molar-refractivity contribution is 6.31. The Bertz CT molecular complexity index is 1190. The fraction of sp³-hybridized carbons (Fsp3) is 0.375. The molecule has 1 N–H and O–H groups in total. The van der Waals surface area contributed by atoms with Crippen molar-refractivity contribution in [1.29, 1.82) is 0 Å². The number of hydrogen-bond acceptors (Lipinski definition) is 7. The molecule has 2 aromatic carbocycles. The molecule has 1 aliphatic heterocycles. The zero-order valence-electron chi connectivity index (χ0n) is 19.3. The molecular weight excluding hydrogens is 461 g/mol. The van der Waals surface area contributed by atoms with Gasteiger partial charge in [0.05, 0.1) is 35.9 Å². The van der Waals surface area contributed by atoms with Gasteiger partial charge in [-0.15, -0.1) is 0 Å². The third-order valence-corrected chi connectivity index (χ3v) is 6.00. The summed E-state index contributed by atoms with van der Waals surface area (Å²) in [6, 6.07) is 8.20. The Hall–Kier alpha value is -3.17. The fourth-order valence-corrected chi connectivity index (χ4v) is 4.22. The van der Waals surface area contributed by atoms with Gasteiger partial charge >= 0.3 is 0 Å². The van der Waals surface area contributed by atoms with E-state index < -0.39 is 5.82 Å². The van der Waals surface area contributed by atoms with E-state index in [-0.39, 0.29) is 22.7 Å². The van der Waals surface area contributed by atoms with Gasteiger partial charge in [-0.05, 0) is 45.1 Å². The van der Waals surface area contributed by atoms with Gasteiger partial charge in [-0.25, -0.2) is 14.4 Å². The number of carbonyl (C=O) groups is 1. The molecular formula is C24H27ClFN5O3. The smallest absolute Gasteiger partial charge is 0.237 e. The quantitative estimate of drug-likeness (QED) is 0.512. The molecule has 1 atom stereocenters. The number of anilines is 2. The molecule has 34 heavy (non-hydrogen) atoms. The molecule has 1 amide bonds. The highest BCUT2D eigenvalue weighted by Crippen LogP contribution is 2.36. The highest BCUT2D eigenvalue weighted by Gasteiger charge is 2.29. The first-order valence-electron chi connectivity index (χ1n) is 11.0. The van der Waals surface area contributed by atoms with Crippen LogP contribution >= 0.6 is 11.6 Å². The van der Waals surface area contributed by atoms with Crippen molar-refractivity contribution in [3.8, 4) is 11.5 Å². The second-order valence-electron chi connectivity index (χ2n) is 8.40. The van der Waals surface area contributed by atoms with Crippen LogP contribution in [0.3, 0.4) is 0 Å². The van der Waals surface area contributed by atoms with Crippen molar-refractivity contribution in [2.75, 3.05) is 46.2 Å². The number of amides is 1. The van der Waals surface area contributed by atoms with Gasteiger partial charge in [-0.2, -0.15) is 0 Å². The zero-order valence-corrected chi connectivity index (χ0v) is 20.1. The first-order valence-corrected chi connectivity index (χ1v) is 11.4. The van der Waals surface area contributed by atoms with Crippen LogP contribution in [0.15, 0.2) is 36.7 Å². The van der Waals surface area contributed by atoms with Gasteiger partial charge in [0, 0.05) is 18.0 Å². The Morgan fingerprint density at radius 1 is 1.29 bits per heavy atom. The maximum atomic E-state index is 14.4. The lowest BCUT2D eigenvalue weighted by atomic mass is 10.2. The van der Waals surface area contributed by atoms with Crippen LogP contribution in [0.2, 0.25) is 5.02 Å². The summed E-state index contributed by atoms with van der Waals surface area (Å²) in [7, 11) is 5.31. The molecule has 1 saturated heterocycles. The molecule has 1 fully saturated rings. The van der Waals surface area contributed by atoms with Crippen LogP contribution < -0.4 is 14.8 Å². The van der Waals surface area contributed by atoms with Gasteiger partial charge in [0.15, 0.2) is 17.3 Å². The number of nitrogens with one attached hydrogen (secondary N) is 1. The van der Waals surface area contributed by atoms with E-state index in [2.05, 4.69) is 15.3 Å². The topological polar surface area (TPSA) is 79.8 Å². The summed E-state index contributed by atoms with van der Waals surface area (Å²) in [6.07, 6.45) is 3.20. The lowest BCUT2D eigenvalue weighted by Gasteiger charge is -2.26. The number of rotatable bonds is 8. The van der Waals surface area contributed by atoms with Crippen LogP contribution in [-0.2, 0) is 4.79 Å². The molecule has 8 nitrogen and oxygen atoms in total. The number of halogens is 2. The average Bonchev–Trinajstić information content (AvgIpc) is 3.29. The monoisotopic (exact) mass is 487 g/mol. The molecule has 1 aromatic heterocycles. The zero-order chi connectivity index (χ0) is 24.2. The number of ether oxygens (including phenoxy) is 2. The number of benzene rings is 2. The summed E-state index contributed by atoms with van der Waals surface area (Å²) in [6.45, 7) is 1.42. The summed E-state index contributed by atoms with van der Waals surface area (Å²) in [4.78, 5) is 24.9. The standard InChI is InChI=1S/C24H27ClFN5O3/c1-30(2)12-22(32)31-9-5-6-15(31)13-34-21-10-16-19(11-20(21)33-3)27-14-28-24(16)29-18-8-4-7-17(25)23(18)26/h4,7-8,10-11,14-15H,5-6,9,12-13H2,1-3H3,(H,27,28,29). The van der Waals surface area contributed by atoms with Crippen LogP contribution in [0.4, 0.5) is 15.9 Å². The van der Waals surface area contributed by atoms with Crippen molar-refractivity contribution in [2.24, 2.45) is 0 Å². The summed E-state index contributed by atoms with van der Waals surface area (Å²) in [5.74, 6) is 0.929. The number of aromatic nitrogens is 2. The van der Waals surface area contributed by atoms with Crippen molar-refractivity contribution in [3.05, 3.63) is 47.5 Å². The SMILES string of the molecule is COc1cc2ncnc(Nc3cccc(Cl)c3F)c2cc1OCC1CCCN1C(=O)CN(C)C. The van der Waals surface area contributed by atoms with Crippen LogP contribution in [-0.4, -0.2) is 72.6 Å². The van der Waals surface area contributed by atoms with Gasteiger partial charge < -0.3 is 24.6 Å². The molecule has 3 aromatic rings. The fourth-order valence-electron chi connectivity index (χ4n) is 4.05. The van der Waals surface area contributed by atoms with E-state index in [4.69, 9.17) is 21.1 Å². The Morgan fingerprint density at radius 2 is 2.12 bits per heavy atom. The minimum absolute atomic E-state index is 0.0129. The highest BCUT2D eigenvalue weighted by atomic mass is 35.5. The van der Waals surface area contributed by atoms with Crippen molar-refractivity contribution in [3.63, 3.8) is 0 Å². The van der Waals surface area contributed by atoms with E-state index in [1.165, 1.54) is 12.4 Å². The number of fused-ring (bicyclic) bond motifs is 1. The number of nitrogens with zero attached hydrogens (tertiary/aromatic N) is 4. The van der Waals surface area contributed by atoms with Gasteiger partial charge in [0.25, 0.3) is 0 Å². The summed E-state index contributed by atoms with van der Waals surface area (Å²) in [5, 5.41) is 3.64. The maximum absolute atomic E-state index is 14.4. The molecule has 1 unspecified atom stereocenters. The van der Waals surface area contributed by atoms with E-state index in [1.54, 1.807) is 31.4 Å². The Morgan fingerprint density at radius 3 is 2.88 bits per heavy atom. The Labute approximate surface area is 202 Å². The number of likely N-dealkylation sites (N-methyl/N-ethyl adjacent to an activating group) is 1. The van der Waals surface area contributed by atoms with Crippen LogP contribution in [0.5, 0.6) is 11.5 Å². The number of hydrogen-bond donors (Lipinski definition) is 1. The van der Waals surface area contributed by atoms with Gasteiger partial charge in [-0.3, -0.25) is 4.79 Å². The second kappa shape index (κ2) is 10.4. The second-order valence-corrected chi connectivity index (χ2v) is 8.81. The maximum Gasteiger partial charge on any atom is 0.237 e. The molecule has 0 radical (unpaired) electrons. The van der Waals surface area contributed by atoms with Crippen molar-refractivity contribution < 1.29 is 18.7 Å². The lowest BCUT2D eigenvalue weighted by Crippen LogP contribution is -2.43. The van der Waals surface area contributed by atoms with Crippen LogP contribution in [0, 0.1) is 5.82 Å². The molecule has 10 heteroatoms. The van der Waals surface area contributed by atoms with E-state index >= 15 is 0 Å². The number of carbonyl (C=O) groups excluding carboxylic acids is 1. The molecule has 0 aliphatic carbocycles. The van der Waals surface area contributed by atoms with Crippen molar-refractivity contribution in [1.82, 2.24) is 19.8 Å². The molecule has 0 spiro atoms. The third kappa shape index (κ3) is 5.15. The molecule has 2 heterocycles. The number of likely N-dealkylation sites (tertiary alicyclic amines) is 1. The van der Waals surface area contributed by atoms with Crippen LogP contribution in [0.25, 0.3) is 10.9 Å². The Kier molecular flexibility index (Phi) is 7.33.